The first kappa shape index (κ1) is 19.6. The summed E-state index contributed by atoms with van der Waals surface area (Å²) in [5.41, 5.74) is -0.780. The van der Waals surface area contributed by atoms with Crippen LogP contribution < -0.4 is 21.3 Å². The fourth-order valence-corrected chi connectivity index (χ4v) is 2.80. The number of aliphatic hydroxyl groups is 2. The van der Waals surface area contributed by atoms with Gasteiger partial charge in [-0.2, -0.15) is 4.98 Å². The molecule has 0 amide bonds. The Balaban J connectivity index is 1.88. The molecular weight excluding hydrogens is 366 g/mol. The van der Waals surface area contributed by atoms with Gasteiger partial charge in [-0.25, -0.2) is 4.79 Å². The smallest absolute Gasteiger partial charge is 0.329 e. The Morgan fingerprint density at radius 3 is 2.75 bits per heavy atom. The molecule has 1 aromatic carbocycles. The zero-order chi connectivity index (χ0) is 20.1. The van der Waals surface area contributed by atoms with Gasteiger partial charge >= 0.3 is 5.69 Å². The van der Waals surface area contributed by atoms with Crippen LogP contribution >= 0.6 is 0 Å². The summed E-state index contributed by atoms with van der Waals surface area (Å²) in [6.07, 6.45) is -0.439. The molecule has 28 heavy (non-hydrogen) atoms. The molecule has 1 atom stereocenters. The van der Waals surface area contributed by atoms with Gasteiger partial charge in [-0.3, -0.25) is 14.3 Å². The lowest BCUT2D eigenvalue weighted by Gasteiger charge is -2.15. The molecule has 3 aromatic rings. The molecule has 0 saturated carbocycles. The molecule has 0 fully saturated rings. The maximum atomic E-state index is 12.4. The van der Waals surface area contributed by atoms with Crippen LogP contribution in [0, 0.1) is 0 Å². The van der Waals surface area contributed by atoms with Gasteiger partial charge in [0.2, 0.25) is 5.95 Å². The molecule has 0 aliphatic carbocycles. The number of rotatable bonds is 9. The fourth-order valence-electron chi connectivity index (χ4n) is 2.80. The number of para-hydroxylation sites is 1. The number of aromatic amines is 1. The topological polar surface area (TPSA) is 134 Å². The van der Waals surface area contributed by atoms with Gasteiger partial charge in [-0.15, -0.1) is 0 Å². The molecule has 10 heteroatoms. The van der Waals surface area contributed by atoms with Gasteiger partial charge < -0.3 is 24.8 Å². The van der Waals surface area contributed by atoms with E-state index in [1.54, 1.807) is 12.1 Å². The molecule has 10 nitrogen and oxygen atoms in total. The molecule has 4 N–H and O–H groups in total. The largest absolute Gasteiger partial charge is 0.491 e. The summed E-state index contributed by atoms with van der Waals surface area (Å²) in [4.78, 5) is 30.8. The lowest BCUT2D eigenvalue weighted by molar-refractivity contribution is 0.0938. The van der Waals surface area contributed by atoms with Crippen molar-refractivity contribution in [1.29, 1.82) is 0 Å². The van der Waals surface area contributed by atoms with E-state index in [2.05, 4.69) is 15.3 Å². The highest BCUT2D eigenvalue weighted by molar-refractivity contribution is 5.74. The van der Waals surface area contributed by atoms with Crippen molar-refractivity contribution in [2.45, 2.75) is 19.1 Å². The number of fused-ring (bicyclic) bond motifs is 1. The molecule has 2 heterocycles. The Kier molecular flexibility index (Phi) is 6.12. The van der Waals surface area contributed by atoms with Gasteiger partial charge in [0.05, 0.1) is 6.54 Å². The molecule has 0 bridgehead atoms. The molecule has 150 valence electrons. The number of aliphatic hydroxyl groups excluding tert-OH is 2. The SMILES string of the molecule is Cn1c(=O)[nH]c(=O)c2c1nc(NCCCO)n2C[C@@H](O)COc1ccccc1. The Hall–Kier alpha value is -3.11. The standard InChI is InChI=1S/C18H23N5O5/c1-22-15-14(16(26)21-18(22)27)23(17(20-15)19-8-5-9-24)10-12(25)11-28-13-6-3-2-4-7-13/h2-4,6-7,12,24-25H,5,8-11H2,1H3,(H,19,20)(H,21,26,27)/t12-/m1/s1. The van der Waals surface area contributed by atoms with E-state index in [1.807, 2.05) is 18.2 Å². The third kappa shape index (κ3) is 4.24. The summed E-state index contributed by atoms with van der Waals surface area (Å²) in [6.45, 7) is 0.470. The lowest BCUT2D eigenvalue weighted by Crippen LogP contribution is -2.31. The third-order valence-electron chi connectivity index (χ3n) is 4.20. The first-order chi connectivity index (χ1) is 13.5. The summed E-state index contributed by atoms with van der Waals surface area (Å²) >= 11 is 0. The molecule has 0 spiro atoms. The van der Waals surface area contributed by atoms with Crippen LogP contribution in [-0.2, 0) is 13.6 Å². The molecule has 3 rings (SSSR count). The summed E-state index contributed by atoms with van der Waals surface area (Å²) < 4.78 is 8.31. The van der Waals surface area contributed by atoms with Crippen LogP contribution in [0.3, 0.4) is 0 Å². The summed E-state index contributed by atoms with van der Waals surface area (Å²) in [5, 5.41) is 22.4. The van der Waals surface area contributed by atoms with Gasteiger partial charge in [-0.05, 0) is 18.6 Å². The van der Waals surface area contributed by atoms with Crippen LogP contribution in [0.15, 0.2) is 39.9 Å². The summed E-state index contributed by atoms with van der Waals surface area (Å²) in [7, 11) is 1.50. The predicted molar refractivity (Wildman–Crippen MR) is 104 cm³/mol. The van der Waals surface area contributed by atoms with Crippen LogP contribution in [0.1, 0.15) is 6.42 Å². The predicted octanol–water partition coefficient (Wildman–Crippen LogP) is -0.343. The molecule has 0 unspecified atom stereocenters. The van der Waals surface area contributed by atoms with E-state index in [0.29, 0.717) is 24.7 Å². The monoisotopic (exact) mass is 389 g/mol. The van der Waals surface area contributed by atoms with Crippen molar-refractivity contribution in [3.63, 3.8) is 0 Å². The van der Waals surface area contributed by atoms with Crippen molar-refractivity contribution in [2.75, 3.05) is 25.1 Å². The quantitative estimate of drug-likeness (QED) is 0.368. The first-order valence-corrected chi connectivity index (χ1v) is 8.91. The molecule has 0 saturated heterocycles. The number of nitrogens with zero attached hydrogens (tertiary/aromatic N) is 3. The number of hydrogen-bond donors (Lipinski definition) is 4. The van der Waals surface area contributed by atoms with Gasteiger partial charge in [0.15, 0.2) is 11.2 Å². The average Bonchev–Trinajstić information content (AvgIpc) is 3.04. The van der Waals surface area contributed by atoms with Gasteiger partial charge in [-0.1, -0.05) is 18.2 Å². The van der Waals surface area contributed by atoms with Crippen LogP contribution in [0.2, 0.25) is 0 Å². The second kappa shape index (κ2) is 8.72. The maximum absolute atomic E-state index is 12.4. The van der Waals surface area contributed by atoms with E-state index >= 15 is 0 Å². The van der Waals surface area contributed by atoms with E-state index in [-0.39, 0.29) is 30.9 Å². The van der Waals surface area contributed by atoms with Crippen molar-refractivity contribution in [3.05, 3.63) is 51.2 Å². The number of aromatic nitrogens is 4. The van der Waals surface area contributed by atoms with Crippen LogP contribution in [0.4, 0.5) is 5.95 Å². The summed E-state index contributed by atoms with van der Waals surface area (Å²) in [6, 6.07) is 9.08. The Labute approximate surface area is 160 Å². The highest BCUT2D eigenvalue weighted by atomic mass is 16.5. The normalized spacial score (nSPS) is 12.2. The molecule has 0 aliphatic rings. The average molecular weight is 389 g/mol. The molecule has 0 aliphatic heterocycles. The van der Waals surface area contributed by atoms with E-state index in [1.165, 1.54) is 16.2 Å². The van der Waals surface area contributed by atoms with Crippen molar-refractivity contribution in [2.24, 2.45) is 7.05 Å². The number of anilines is 1. The zero-order valence-corrected chi connectivity index (χ0v) is 15.5. The Morgan fingerprint density at radius 1 is 1.29 bits per heavy atom. The third-order valence-corrected chi connectivity index (χ3v) is 4.20. The van der Waals surface area contributed by atoms with Crippen molar-refractivity contribution in [1.82, 2.24) is 19.1 Å². The van der Waals surface area contributed by atoms with Gasteiger partial charge in [0.1, 0.15) is 18.5 Å². The number of ether oxygens (including phenoxy) is 1. The van der Waals surface area contributed by atoms with E-state index < -0.39 is 17.4 Å². The second-order valence-corrected chi connectivity index (χ2v) is 6.32. The van der Waals surface area contributed by atoms with Crippen LogP contribution in [0.25, 0.3) is 11.2 Å². The number of benzene rings is 1. The van der Waals surface area contributed by atoms with Crippen molar-refractivity contribution >= 4 is 17.1 Å². The zero-order valence-electron chi connectivity index (χ0n) is 15.5. The highest BCUT2D eigenvalue weighted by Crippen LogP contribution is 2.17. The molecular formula is C18H23N5O5. The Morgan fingerprint density at radius 2 is 2.04 bits per heavy atom. The number of imidazole rings is 1. The van der Waals surface area contributed by atoms with Crippen molar-refractivity contribution in [3.8, 4) is 5.75 Å². The number of nitrogens with one attached hydrogen (secondary N) is 2. The minimum absolute atomic E-state index is 0.000160. The fraction of sp³-hybridized carbons (Fsp3) is 0.389. The first-order valence-electron chi connectivity index (χ1n) is 8.91. The minimum atomic E-state index is -0.923. The van der Waals surface area contributed by atoms with E-state index in [0.717, 1.165) is 0 Å². The van der Waals surface area contributed by atoms with Crippen molar-refractivity contribution < 1.29 is 14.9 Å². The maximum Gasteiger partial charge on any atom is 0.329 e. The Bertz CT molecular complexity index is 1040. The lowest BCUT2D eigenvalue weighted by atomic mass is 10.3. The van der Waals surface area contributed by atoms with Crippen LogP contribution in [0.5, 0.6) is 5.75 Å². The van der Waals surface area contributed by atoms with E-state index in [9.17, 15) is 14.7 Å². The second-order valence-electron chi connectivity index (χ2n) is 6.32. The number of aryl methyl sites for hydroxylation is 1. The molecule has 2 aromatic heterocycles. The minimum Gasteiger partial charge on any atom is -0.491 e. The molecule has 0 radical (unpaired) electrons. The number of hydrogen-bond acceptors (Lipinski definition) is 7. The number of H-pyrrole nitrogens is 1. The van der Waals surface area contributed by atoms with Gasteiger partial charge in [0.25, 0.3) is 5.56 Å². The van der Waals surface area contributed by atoms with Crippen LogP contribution in [-0.4, -0.2) is 55.2 Å². The summed E-state index contributed by atoms with van der Waals surface area (Å²) in [5.74, 6) is 0.951. The highest BCUT2D eigenvalue weighted by Gasteiger charge is 2.19. The van der Waals surface area contributed by atoms with Gasteiger partial charge in [0, 0.05) is 20.2 Å². The van der Waals surface area contributed by atoms with E-state index in [4.69, 9.17) is 9.84 Å².